The number of esters is 2. The van der Waals surface area contributed by atoms with Gasteiger partial charge in [0.25, 0.3) is 0 Å². The Kier molecular flexibility index (Phi) is 17.7. The second-order valence-corrected chi connectivity index (χ2v) is 8.25. The van der Waals surface area contributed by atoms with Gasteiger partial charge in [-0.15, -0.1) is 0 Å². The van der Waals surface area contributed by atoms with Gasteiger partial charge in [-0.25, -0.2) is 19.2 Å². The maximum Gasteiger partial charge on any atom is 0.407 e. The molecule has 0 aliphatic heterocycles. The van der Waals surface area contributed by atoms with Gasteiger partial charge in [-0.05, 0) is 30.6 Å². The maximum atomic E-state index is 11.6. The molecule has 0 radical (unpaired) electrons. The van der Waals surface area contributed by atoms with Gasteiger partial charge in [0.05, 0.1) is 0 Å². The van der Waals surface area contributed by atoms with Crippen LogP contribution in [0.3, 0.4) is 0 Å². The number of alkyl carbamates (subject to hydrolysis) is 2. The number of hydrogen-bond donors (Lipinski definition) is 2. The van der Waals surface area contributed by atoms with Gasteiger partial charge in [0, 0.05) is 25.2 Å². The topological polar surface area (TPSA) is 129 Å². The molecular formula is C24H40N2O8. The fourth-order valence-electron chi connectivity index (χ4n) is 2.77. The molecule has 2 unspecified atom stereocenters. The molecule has 0 aliphatic rings. The molecule has 2 amide bonds. The number of rotatable bonds is 18. The lowest BCUT2D eigenvalue weighted by molar-refractivity contribution is -0.139. The van der Waals surface area contributed by atoms with Crippen molar-refractivity contribution in [1.29, 1.82) is 0 Å². The fraction of sp³-hybridized carbons (Fsp3) is 0.667. The van der Waals surface area contributed by atoms with E-state index in [0.717, 1.165) is 37.8 Å². The second-order valence-electron chi connectivity index (χ2n) is 8.25. The van der Waals surface area contributed by atoms with Gasteiger partial charge in [-0.3, -0.25) is 0 Å². The quantitative estimate of drug-likeness (QED) is 0.131. The lowest BCUT2D eigenvalue weighted by Crippen LogP contribution is -2.30. The average molecular weight is 485 g/mol. The molecule has 10 heteroatoms. The van der Waals surface area contributed by atoms with E-state index >= 15 is 0 Å². The van der Waals surface area contributed by atoms with Crippen LogP contribution in [0.1, 0.15) is 46.5 Å². The van der Waals surface area contributed by atoms with Gasteiger partial charge in [0.15, 0.2) is 0 Å². The van der Waals surface area contributed by atoms with Crippen LogP contribution in [-0.4, -0.2) is 63.6 Å². The molecule has 0 bridgehead atoms. The Morgan fingerprint density at radius 1 is 0.618 bits per heavy atom. The summed E-state index contributed by atoms with van der Waals surface area (Å²) in [6.07, 6.45) is 5.02. The molecule has 0 aliphatic carbocycles. The van der Waals surface area contributed by atoms with Gasteiger partial charge in [-0.1, -0.05) is 46.8 Å². The van der Waals surface area contributed by atoms with Crippen LogP contribution in [0.2, 0.25) is 0 Å². The van der Waals surface area contributed by atoms with E-state index in [-0.39, 0.29) is 26.4 Å². The Morgan fingerprint density at radius 2 is 0.941 bits per heavy atom. The summed E-state index contributed by atoms with van der Waals surface area (Å²) in [5, 5.41) is 5.42. The van der Waals surface area contributed by atoms with E-state index in [1.165, 1.54) is 0 Å². The van der Waals surface area contributed by atoms with E-state index in [0.29, 0.717) is 30.8 Å². The summed E-state index contributed by atoms with van der Waals surface area (Å²) < 4.78 is 19.3. The molecule has 0 aromatic heterocycles. The first-order valence-electron chi connectivity index (χ1n) is 11.6. The summed E-state index contributed by atoms with van der Waals surface area (Å²) in [6.45, 7) is 13.9. The molecule has 2 atom stereocenters. The maximum absolute atomic E-state index is 11.6. The van der Waals surface area contributed by atoms with Crippen LogP contribution in [0.25, 0.3) is 0 Å². The van der Waals surface area contributed by atoms with Crippen molar-refractivity contribution in [3.8, 4) is 0 Å². The zero-order valence-corrected chi connectivity index (χ0v) is 20.6. The highest BCUT2D eigenvalue weighted by molar-refractivity contribution is 5.81. The lowest BCUT2D eigenvalue weighted by Gasteiger charge is -2.18. The third-order valence-electron chi connectivity index (χ3n) is 4.95. The smallest absolute Gasteiger partial charge is 0.407 e. The Bertz CT molecular complexity index is 599. The predicted molar refractivity (Wildman–Crippen MR) is 127 cm³/mol. The predicted octanol–water partition coefficient (Wildman–Crippen LogP) is 3.37. The van der Waals surface area contributed by atoms with Crippen molar-refractivity contribution in [3.63, 3.8) is 0 Å². The van der Waals surface area contributed by atoms with Crippen LogP contribution in [-0.2, 0) is 28.5 Å². The molecule has 0 aromatic carbocycles. The van der Waals surface area contributed by atoms with Gasteiger partial charge >= 0.3 is 24.1 Å². The van der Waals surface area contributed by atoms with Crippen LogP contribution in [0.15, 0.2) is 25.3 Å². The first-order chi connectivity index (χ1) is 16.2. The molecule has 0 fully saturated rings. The molecule has 0 heterocycles. The van der Waals surface area contributed by atoms with E-state index in [4.69, 9.17) is 18.9 Å². The molecule has 2 N–H and O–H groups in total. The van der Waals surface area contributed by atoms with Crippen molar-refractivity contribution < 1.29 is 38.1 Å². The van der Waals surface area contributed by atoms with Crippen LogP contribution in [0.5, 0.6) is 0 Å². The number of carbonyl (C=O) groups is 4. The summed E-state index contributed by atoms with van der Waals surface area (Å²) >= 11 is 0. The number of carbonyl (C=O) groups excluding carboxylic acids is 4. The first-order valence-corrected chi connectivity index (χ1v) is 11.6. The Labute approximate surface area is 202 Å². The van der Waals surface area contributed by atoms with Crippen molar-refractivity contribution in [2.45, 2.75) is 46.5 Å². The van der Waals surface area contributed by atoms with Crippen molar-refractivity contribution in [2.75, 3.05) is 39.5 Å². The minimum atomic E-state index is -0.555. The number of amides is 2. The van der Waals surface area contributed by atoms with Gasteiger partial charge < -0.3 is 29.6 Å². The van der Waals surface area contributed by atoms with E-state index in [9.17, 15) is 19.2 Å². The fourth-order valence-corrected chi connectivity index (χ4v) is 2.77. The van der Waals surface area contributed by atoms with E-state index in [1.54, 1.807) is 0 Å². The van der Waals surface area contributed by atoms with Crippen LogP contribution in [0.4, 0.5) is 9.59 Å². The number of hydrogen-bond acceptors (Lipinski definition) is 8. The highest BCUT2D eigenvalue weighted by atomic mass is 16.6. The molecule has 10 nitrogen and oxygen atoms in total. The zero-order valence-electron chi connectivity index (χ0n) is 20.6. The van der Waals surface area contributed by atoms with Gasteiger partial charge in [0.2, 0.25) is 0 Å². The summed E-state index contributed by atoms with van der Waals surface area (Å²) in [5.41, 5.74) is 0. The van der Waals surface area contributed by atoms with Crippen molar-refractivity contribution >= 4 is 24.1 Å². The van der Waals surface area contributed by atoms with Gasteiger partial charge in [-0.2, -0.15) is 0 Å². The molecule has 0 saturated carbocycles. The summed E-state index contributed by atoms with van der Waals surface area (Å²) in [6, 6.07) is 0. The molecule has 194 valence electrons. The van der Waals surface area contributed by atoms with Crippen molar-refractivity contribution in [3.05, 3.63) is 25.3 Å². The summed E-state index contributed by atoms with van der Waals surface area (Å²) in [7, 11) is 0. The molecule has 0 rings (SSSR count). The largest absolute Gasteiger partial charge is 0.459 e. The molecule has 0 aromatic rings. The lowest BCUT2D eigenvalue weighted by atomic mass is 9.92. The van der Waals surface area contributed by atoms with Crippen molar-refractivity contribution in [1.82, 2.24) is 10.6 Å². The first kappa shape index (κ1) is 31.0. The van der Waals surface area contributed by atoms with Crippen LogP contribution >= 0.6 is 0 Å². The average Bonchev–Trinajstić information content (AvgIpc) is 2.83. The van der Waals surface area contributed by atoms with E-state index in [2.05, 4.69) is 44.6 Å². The van der Waals surface area contributed by atoms with Crippen LogP contribution in [0, 0.1) is 17.8 Å². The molecular weight excluding hydrogens is 444 g/mol. The molecule has 0 saturated heterocycles. The number of nitrogens with one attached hydrogen (secondary N) is 2. The Morgan fingerprint density at radius 3 is 1.29 bits per heavy atom. The minimum absolute atomic E-state index is 0.00626. The molecule has 34 heavy (non-hydrogen) atoms. The van der Waals surface area contributed by atoms with E-state index in [1.807, 2.05) is 0 Å². The zero-order chi connectivity index (χ0) is 25.8. The SMILES string of the molecule is C=CC(=O)OCCOC(=O)NCC(C)CCC(C)CCC(C)CNC(=O)OCCOC(=O)C=C. The highest BCUT2D eigenvalue weighted by Crippen LogP contribution is 2.19. The Hall–Kier alpha value is -3.04. The van der Waals surface area contributed by atoms with Crippen LogP contribution < -0.4 is 10.6 Å². The monoisotopic (exact) mass is 484 g/mol. The van der Waals surface area contributed by atoms with E-state index < -0.39 is 24.1 Å². The Balaban J connectivity index is 3.78. The summed E-state index contributed by atoms with van der Waals surface area (Å²) in [5.74, 6) is 0.00512. The normalized spacial score (nSPS) is 12.9. The summed E-state index contributed by atoms with van der Waals surface area (Å²) in [4.78, 5) is 45.0. The van der Waals surface area contributed by atoms with Gasteiger partial charge in [0.1, 0.15) is 26.4 Å². The third kappa shape index (κ3) is 18.5. The standard InChI is InChI=1S/C24H40N2O8/c1-6-21(27)31-12-14-33-23(29)25-16-19(4)10-8-18(3)9-11-20(5)17-26-24(30)34-15-13-32-22(28)7-2/h6-7,18-20H,1-2,8-17H2,3-5H3,(H,25,29)(H,26,30). The molecule has 0 spiro atoms. The highest BCUT2D eigenvalue weighted by Gasteiger charge is 2.12. The second kappa shape index (κ2) is 19.4. The van der Waals surface area contributed by atoms with Crippen molar-refractivity contribution in [2.24, 2.45) is 17.8 Å². The third-order valence-corrected chi connectivity index (χ3v) is 4.95. The minimum Gasteiger partial charge on any atom is -0.459 e. The number of ether oxygens (including phenoxy) is 4.